The zero-order valence-electron chi connectivity index (χ0n) is 23.9. The zero-order chi connectivity index (χ0) is 30.1. The van der Waals surface area contributed by atoms with E-state index in [1.807, 2.05) is 55.3 Å². The third kappa shape index (κ3) is 5.63. The molecule has 0 spiro atoms. The third-order valence-electron chi connectivity index (χ3n) is 7.80. The van der Waals surface area contributed by atoms with Crippen molar-refractivity contribution in [3.63, 3.8) is 0 Å². The number of para-hydroxylation sites is 1. The van der Waals surface area contributed by atoms with Gasteiger partial charge in [0.05, 0.1) is 12.2 Å². The van der Waals surface area contributed by atoms with Gasteiger partial charge in [-0.3, -0.25) is 4.79 Å². The summed E-state index contributed by atoms with van der Waals surface area (Å²) in [6.45, 7) is 5.14. The molecule has 2 N–H and O–H groups in total. The molecule has 11 heteroatoms. The van der Waals surface area contributed by atoms with Crippen LogP contribution < -0.4 is 20.4 Å². The maximum atomic E-state index is 15.1. The summed E-state index contributed by atoms with van der Waals surface area (Å²) >= 11 is 0. The van der Waals surface area contributed by atoms with Crippen molar-refractivity contribution in [1.82, 2.24) is 25.5 Å². The lowest BCUT2D eigenvalue weighted by Gasteiger charge is -2.35. The van der Waals surface area contributed by atoms with Crippen molar-refractivity contribution in [3.8, 4) is 11.3 Å². The number of piperazine rings is 1. The molecule has 220 valence electrons. The number of nitrogens with zero attached hydrogens (tertiary/aromatic N) is 5. The number of aromatic nitrogens is 2. The smallest absolute Gasteiger partial charge is 0.328 e. The highest BCUT2D eigenvalue weighted by Crippen LogP contribution is 2.39. The highest BCUT2D eigenvalue weighted by Gasteiger charge is 2.35. The van der Waals surface area contributed by atoms with Crippen LogP contribution in [0.1, 0.15) is 27.0 Å². The lowest BCUT2D eigenvalue weighted by atomic mass is 9.97. The Morgan fingerprint density at radius 2 is 1.67 bits per heavy atom. The molecule has 0 bridgehead atoms. The van der Waals surface area contributed by atoms with Crippen LogP contribution in [0, 0.1) is 18.6 Å². The number of halogens is 2. The molecule has 1 fully saturated rings. The van der Waals surface area contributed by atoms with E-state index in [0.717, 1.165) is 41.2 Å². The number of hydrogen-bond donors (Lipinski definition) is 2. The van der Waals surface area contributed by atoms with Gasteiger partial charge < -0.3 is 20.4 Å². The van der Waals surface area contributed by atoms with E-state index in [1.165, 1.54) is 6.07 Å². The van der Waals surface area contributed by atoms with Crippen molar-refractivity contribution < 1.29 is 18.4 Å². The van der Waals surface area contributed by atoms with Crippen LogP contribution in [0.4, 0.5) is 31.0 Å². The van der Waals surface area contributed by atoms with Crippen molar-refractivity contribution in [2.75, 3.05) is 43.0 Å². The van der Waals surface area contributed by atoms with Crippen molar-refractivity contribution in [1.29, 1.82) is 0 Å². The molecule has 3 heterocycles. The van der Waals surface area contributed by atoms with Crippen LogP contribution in [0.2, 0.25) is 0 Å². The van der Waals surface area contributed by atoms with E-state index < -0.39 is 23.4 Å². The molecule has 43 heavy (non-hydrogen) atoms. The summed E-state index contributed by atoms with van der Waals surface area (Å²) in [6, 6.07) is 17.7. The fourth-order valence-electron chi connectivity index (χ4n) is 5.33. The Morgan fingerprint density at radius 3 is 2.40 bits per heavy atom. The average Bonchev–Trinajstić information content (AvgIpc) is 3.01. The van der Waals surface area contributed by atoms with Crippen molar-refractivity contribution in [2.24, 2.45) is 0 Å². The summed E-state index contributed by atoms with van der Waals surface area (Å²) in [5.74, 6) is -1.59. The van der Waals surface area contributed by atoms with Crippen molar-refractivity contribution >= 4 is 29.4 Å². The fourth-order valence-corrected chi connectivity index (χ4v) is 5.33. The van der Waals surface area contributed by atoms with Crippen LogP contribution in [0.15, 0.2) is 66.7 Å². The zero-order valence-corrected chi connectivity index (χ0v) is 23.9. The molecule has 2 aliphatic heterocycles. The summed E-state index contributed by atoms with van der Waals surface area (Å²) in [6.07, 6.45) is 0. The number of fused-ring (bicyclic) bond motifs is 1. The molecule has 0 radical (unpaired) electrons. The molecule has 0 unspecified atom stereocenters. The molecule has 4 aromatic rings. The predicted octanol–water partition coefficient (Wildman–Crippen LogP) is 4.77. The van der Waals surface area contributed by atoms with E-state index >= 15 is 8.78 Å². The lowest BCUT2D eigenvalue weighted by Crippen LogP contribution is -2.46. The number of benzene rings is 3. The first-order chi connectivity index (χ1) is 20.8. The summed E-state index contributed by atoms with van der Waals surface area (Å²) < 4.78 is 30.1. The Kier molecular flexibility index (Phi) is 7.73. The van der Waals surface area contributed by atoms with E-state index in [1.54, 1.807) is 12.1 Å². The number of nitrogens with one attached hydrogen (secondary N) is 2. The molecule has 3 amide bonds. The average molecular weight is 584 g/mol. The van der Waals surface area contributed by atoms with Gasteiger partial charge in [-0.1, -0.05) is 42.5 Å². The van der Waals surface area contributed by atoms with Crippen LogP contribution in [-0.2, 0) is 13.1 Å². The first-order valence-electron chi connectivity index (χ1n) is 14.1. The molecule has 1 aromatic heterocycles. The molecule has 6 rings (SSSR count). The minimum Gasteiger partial charge on any atom is -0.348 e. The van der Waals surface area contributed by atoms with E-state index in [9.17, 15) is 9.59 Å². The van der Waals surface area contributed by atoms with Crippen LogP contribution in [0.5, 0.6) is 0 Å². The van der Waals surface area contributed by atoms with E-state index in [2.05, 4.69) is 15.5 Å². The number of likely N-dealkylation sites (N-methyl/N-ethyl adjacent to an activating group) is 1. The molecular formula is C32H31F2N7O2. The Morgan fingerprint density at radius 1 is 0.953 bits per heavy atom. The van der Waals surface area contributed by atoms with Gasteiger partial charge in [0.1, 0.15) is 17.3 Å². The number of rotatable bonds is 6. The topological polar surface area (TPSA) is 93.7 Å². The second-order valence-corrected chi connectivity index (χ2v) is 10.7. The molecular weight excluding hydrogens is 552 g/mol. The van der Waals surface area contributed by atoms with Gasteiger partial charge in [0.2, 0.25) is 5.95 Å². The second kappa shape index (κ2) is 11.8. The standard InChI is InChI=1S/C32H31F2N7O2/c1-20-11-12-22(30(42)35-18-21-7-4-3-5-8-21)17-23(20)27-24-19-36-32(43)41(28-25(33)9-6-10-26(28)34)29(24)38-31(37-27)40-15-13-39(2)14-16-40/h3-12,17H,13-16,18-19H2,1-2H3,(H,35,42)(H,36,43). The minimum atomic E-state index is -0.891. The quantitative estimate of drug-likeness (QED) is 0.340. The number of amides is 3. The Balaban J connectivity index is 1.47. The van der Waals surface area contributed by atoms with Crippen LogP contribution in [0.25, 0.3) is 11.3 Å². The number of hydrogen-bond acceptors (Lipinski definition) is 6. The summed E-state index contributed by atoms with van der Waals surface area (Å²) in [4.78, 5) is 41.2. The molecule has 3 aromatic carbocycles. The van der Waals surface area contributed by atoms with E-state index in [0.29, 0.717) is 48.0 Å². The third-order valence-corrected chi connectivity index (χ3v) is 7.80. The SMILES string of the molecule is Cc1ccc(C(=O)NCc2ccccc2)cc1-c1nc(N2CCN(C)CC2)nc2c1CNC(=O)N2c1c(F)cccc1F. The van der Waals surface area contributed by atoms with Crippen LogP contribution in [0.3, 0.4) is 0 Å². The Bertz CT molecular complexity index is 1670. The molecule has 0 atom stereocenters. The molecule has 9 nitrogen and oxygen atoms in total. The predicted molar refractivity (Wildman–Crippen MR) is 160 cm³/mol. The van der Waals surface area contributed by atoms with Crippen molar-refractivity contribution in [2.45, 2.75) is 20.0 Å². The van der Waals surface area contributed by atoms with E-state index in [-0.39, 0.29) is 18.3 Å². The van der Waals surface area contributed by atoms with Crippen molar-refractivity contribution in [3.05, 3.63) is 101 Å². The van der Waals surface area contributed by atoms with Gasteiger partial charge in [0.15, 0.2) is 5.82 Å². The lowest BCUT2D eigenvalue weighted by molar-refractivity contribution is 0.0951. The monoisotopic (exact) mass is 583 g/mol. The van der Waals surface area contributed by atoms with Gasteiger partial charge >= 0.3 is 6.03 Å². The largest absolute Gasteiger partial charge is 0.348 e. The van der Waals surface area contributed by atoms with Gasteiger partial charge in [-0.05, 0) is 49.4 Å². The van der Waals surface area contributed by atoms with Gasteiger partial charge in [-0.15, -0.1) is 0 Å². The molecule has 0 aliphatic carbocycles. The van der Waals surface area contributed by atoms with Gasteiger partial charge in [0.25, 0.3) is 5.91 Å². The normalized spacial score (nSPS) is 15.2. The highest BCUT2D eigenvalue weighted by atomic mass is 19.1. The summed E-state index contributed by atoms with van der Waals surface area (Å²) in [7, 11) is 2.03. The minimum absolute atomic E-state index is 0.0446. The maximum Gasteiger partial charge on any atom is 0.328 e. The summed E-state index contributed by atoms with van der Waals surface area (Å²) in [5, 5.41) is 5.68. The Hall–Kier alpha value is -4.90. The number of anilines is 3. The Labute approximate surface area is 248 Å². The highest BCUT2D eigenvalue weighted by molar-refractivity contribution is 6.02. The summed E-state index contributed by atoms with van der Waals surface area (Å²) in [5.41, 5.74) is 3.36. The first kappa shape index (κ1) is 28.2. The maximum absolute atomic E-state index is 15.1. The van der Waals surface area contributed by atoms with Crippen LogP contribution >= 0.6 is 0 Å². The van der Waals surface area contributed by atoms with Gasteiger partial charge in [0, 0.05) is 49.4 Å². The number of carbonyl (C=O) groups is 2. The fraction of sp³-hybridized carbons (Fsp3) is 0.250. The molecule has 2 aliphatic rings. The molecule has 0 saturated carbocycles. The number of urea groups is 1. The number of aryl methyl sites for hydroxylation is 1. The number of carbonyl (C=O) groups excluding carboxylic acids is 2. The van der Waals surface area contributed by atoms with E-state index in [4.69, 9.17) is 9.97 Å². The van der Waals surface area contributed by atoms with Gasteiger partial charge in [-0.25, -0.2) is 23.5 Å². The van der Waals surface area contributed by atoms with Gasteiger partial charge in [-0.2, -0.15) is 4.98 Å². The first-order valence-corrected chi connectivity index (χ1v) is 14.1. The second-order valence-electron chi connectivity index (χ2n) is 10.7. The van der Waals surface area contributed by atoms with Crippen LogP contribution in [-0.4, -0.2) is 60.0 Å². The molecule has 1 saturated heterocycles.